The molecule has 1 unspecified atom stereocenters. The number of rotatable bonds is 8. The second-order valence-corrected chi connectivity index (χ2v) is 9.08. The fourth-order valence-electron chi connectivity index (χ4n) is 3.24. The monoisotopic (exact) mass is 438 g/mol. The molecule has 0 aliphatic rings. The Balaban J connectivity index is 1.89. The van der Waals surface area contributed by atoms with Gasteiger partial charge >= 0.3 is 0 Å². The second-order valence-electron chi connectivity index (χ2n) is 7.22. The minimum absolute atomic E-state index is 0.300. The Kier molecular flexibility index (Phi) is 6.97. The number of nitrogens with one attached hydrogen (secondary N) is 1. The molecular weight excluding hydrogens is 412 g/mol. The van der Waals surface area contributed by atoms with E-state index in [2.05, 4.69) is 5.32 Å². The number of anilines is 2. The molecule has 1 amide bonds. The highest BCUT2D eigenvalue weighted by Gasteiger charge is 2.31. The predicted molar refractivity (Wildman–Crippen MR) is 124 cm³/mol. The summed E-state index contributed by atoms with van der Waals surface area (Å²) < 4.78 is 32.3. The van der Waals surface area contributed by atoms with E-state index < -0.39 is 22.0 Å². The molecule has 162 valence electrons. The molecule has 0 aliphatic carbocycles. The first kappa shape index (κ1) is 22.4. The zero-order valence-corrected chi connectivity index (χ0v) is 18.6. The molecule has 0 heterocycles. The fraction of sp³-hybridized carbons (Fsp3) is 0.208. The maximum Gasteiger partial charge on any atom is 0.248 e. The number of nitrogens with zero attached hydrogens (tertiary/aromatic N) is 1. The number of sulfonamides is 1. The molecule has 3 rings (SSSR count). The van der Waals surface area contributed by atoms with E-state index in [-0.39, 0.29) is 0 Å². The Bertz CT molecular complexity index is 1130. The first-order valence-electron chi connectivity index (χ1n) is 9.98. The zero-order chi connectivity index (χ0) is 22.4. The Hall–Kier alpha value is -3.32. The highest BCUT2D eigenvalue weighted by atomic mass is 32.2. The van der Waals surface area contributed by atoms with E-state index in [1.54, 1.807) is 43.3 Å². The van der Waals surface area contributed by atoms with E-state index in [1.807, 2.05) is 49.4 Å². The number of ether oxygens (including phenoxy) is 1. The fourth-order valence-corrected chi connectivity index (χ4v) is 4.45. The lowest BCUT2D eigenvalue weighted by molar-refractivity contribution is -0.117. The van der Waals surface area contributed by atoms with Crippen molar-refractivity contribution >= 4 is 27.3 Å². The van der Waals surface area contributed by atoms with E-state index in [1.165, 1.54) is 4.31 Å². The van der Waals surface area contributed by atoms with E-state index >= 15 is 0 Å². The minimum atomic E-state index is -3.70. The number of aryl methyl sites for hydroxylation is 1. The Morgan fingerprint density at radius 3 is 2.19 bits per heavy atom. The molecule has 0 aromatic heterocycles. The lowest BCUT2D eigenvalue weighted by Gasteiger charge is -2.30. The normalized spacial score (nSPS) is 12.1. The molecule has 0 aliphatic heterocycles. The summed E-state index contributed by atoms with van der Waals surface area (Å²) in [5.74, 6) is 0.671. The van der Waals surface area contributed by atoms with Gasteiger partial charge in [-0.05, 0) is 49.7 Å². The first-order valence-corrected chi connectivity index (χ1v) is 11.8. The molecule has 3 aromatic carbocycles. The van der Waals surface area contributed by atoms with Gasteiger partial charge in [0, 0.05) is 0 Å². The molecule has 0 saturated heterocycles. The van der Waals surface area contributed by atoms with Gasteiger partial charge < -0.3 is 10.1 Å². The second kappa shape index (κ2) is 9.66. The molecular formula is C24H26N2O4S. The van der Waals surface area contributed by atoms with E-state index in [0.717, 1.165) is 11.8 Å². The lowest BCUT2D eigenvalue weighted by Crippen LogP contribution is -2.47. The van der Waals surface area contributed by atoms with Crippen LogP contribution < -0.4 is 14.4 Å². The molecule has 0 spiro atoms. The van der Waals surface area contributed by atoms with Gasteiger partial charge in [0.05, 0.1) is 17.6 Å². The van der Waals surface area contributed by atoms with Crippen molar-refractivity contribution in [2.24, 2.45) is 0 Å². The van der Waals surface area contributed by atoms with Crippen LogP contribution in [0.5, 0.6) is 11.5 Å². The molecule has 1 atom stereocenters. The van der Waals surface area contributed by atoms with Gasteiger partial charge in [-0.3, -0.25) is 9.10 Å². The molecule has 0 bridgehead atoms. The summed E-state index contributed by atoms with van der Waals surface area (Å²) in [4.78, 5) is 13.2. The maximum absolute atomic E-state index is 13.2. The Morgan fingerprint density at radius 1 is 0.968 bits per heavy atom. The number of carbonyl (C=O) groups excluding carboxylic acids is 1. The van der Waals surface area contributed by atoms with Crippen LogP contribution in [0.2, 0.25) is 0 Å². The van der Waals surface area contributed by atoms with Crippen LogP contribution in [0.25, 0.3) is 0 Å². The maximum atomic E-state index is 13.2. The van der Waals surface area contributed by atoms with Gasteiger partial charge in [-0.15, -0.1) is 0 Å². The van der Waals surface area contributed by atoms with Crippen molar-refractivity contribution in [2.75, 3.05) is 15.9 Å². The molecule has 0 saturated carbocycles. The van der Waals surface area contributed by atoms with Crippen molar-refractivity contribution in [3.8, 4) is 11.5 Å². The third kappa shape index (κ3) is 5.64. The van der Waals surface area contributed by atoms with Crippen molar-refractivity contribution in [3.63, 3.8) is 0 Å². The summed E-state index contributed by atoms with van der Waals surface area (Å²) in [5, 5.41) is 2.85. The number of hydrogen-bond acceptors (Lipinski definition) is 4. The molecule has 6 nitrogen and oxygen atoms in total. The summed E-state index contributed by atoms with van der Waals surface area (Å²) in [7, 11) is -3.70. The Labute approximate surface area is 183 Å². The van der Waals surface area contributed by atoms with Gasteiger partial charge in [0.2, 0.25) is 15.9 Å². The summed E-state index contributed by atoms with van der Waals surface area (Å²) in [6.45, 7) is 3.70. The smallest absolute Gasteiger partial charge is 0.248 e. The van der Waals surface area contributed by atoms with E-state index in [4.69, 9.17) is 4.74 Å². The van der Waals surface area contributed by atoms with Crippen LogP contribution in [0.1, 0.15) is 18.9 Å². The molecule has 31 heavy (non-hydrogen) atoms. The Morgan fingerprint density at radius 2 is 1.58 bits per heavy atom. The van der Waals surface area contributed by atoms with Crippen LogP contribution in [0, 0.1) is 6.92 Å². The van der Waals surface area contributed by atoms with Crippen molar-refractivity contribution in [1.82, 2.24) is 0 Å². The number of benzene rings is 3. The van der Waals surface area contributed by atoms with Gasteiger partial charge in [-0.25, -0.2) is 8.42 Å². The van der Waals surface area contributed by atoms with Crippen LogP contribution in [-0.4, -0.2) is 26.6 Å². The van der Waals surface area contributed by atoms with Gasteiger partial charge in [0.1, 0.15) is 11.8 Å². The average Bonchev–Trinajstić information content (AvgIpc) is 2.74. The standard InChI is InChI=1S/C24H26N2O4S/c1-4-22(26(31(3,28)29)19-16-14-18(2)15-17-19)24(27)25-21-12-8-9-13-23(21)30-20-10-6-5-7-11-20/h5-17,22H,4H2,1-3H3,(H,25,27). The van der Waals surface area contributed by atoms with Crippen LogP contribution in [-0.2, 0) is 14.8 Å². The third-order valence-corrected chi connectivity index (χ3v) is 5.91. The van der Waals surface area contributed by atoms with Crippen molar-refractivity contribution in [1.29, 1.82) is 0 Å². The third-order valence-electron chi connectivity index (χ3n) is 4.73. The number of amides is 1. The SMILES string of the molecule is CCC(C(=O)Nc1ccccc1Oc1ccccc1)N(c1ccc(C)cc1)S(C)(=O)=O. The number of hydrogen-bond donors (Lipinski definition) is 1. The molecule has 7 heteroatoms. The van der Waals surface area contributed by atoms with Crippen molar-refractivity contribution < 1.29 is 17.9 Å². The van der Waals surface area contributed by atoms with Crippen LogP contribution >= 0.6 is 0 Å². The number of carbonyl (C=O) groups is 1. The molecule has 3 aromatic rings. The summed E-state index contributed by atoms with van der Waals surface area (Å²) in [5.41, 5.74) is 1.91. The summed E-state index contributed by atoms with van der Waals surface area (Å²) in [6, 6.07) is 22.4. The van der Waals surface area contributed by atoms with Crippen LogP contribution in [0.4, 0.5) is 11.4 Å². The first-order chi connectivity index (χ1) is 14.8. The topological polar surface area (TPSA) is 75.7 Å². The van der Waals surface area contributed by atoms with Gasteiger partial charge in [0.25, 0.3) is 0 Å². The summed E-state index contributed by atoms with van der Waals surface area (Å²) in [6.07, 6.45) is 1.41. The van der Waals surface area contributed by atoms with Gasteiger partial charge in [-0.2, -0.15) is 0 Å². The quantitative estimate of drug-likeness (QED) is 0.539. The van der Waals surface area contributed by atoms with Crippen molar-refractivity contribution in [2.45, 2.75) is 26.3 Å². The molecule has 1 N–H and O–H groups in total. The van der Waals surface area contributed by atoms with Gasteiger partial charge in [-0.1, -0.05) is 55.0 Å². The van der Waals surface area contributed by atoms with Crippen molar-refractivity contribution in [3.05, 3.63) is 84.4 Å². The summed E-state index contributed by atoms with van der Waals surface area (Å²) >= 11 is 0. The number of para-hydroxylation sites is 3. The molecule has 0 fully saturated rings. The van der Waals surface area contributed by atoms with Crippen LogP contribution in [0.3, 0.4) is 0 Å². The highest BCUT2D eigenvalue weighted by molar-refractivity contribution is 7.92. The zero-order valence-electron chi connectivity index (χ0n) is 17.8. The largest absolute Gasteiger partial charge is 0.455 e. The highest BCUT2D eigenvalue weighted by Crippen LogP contribution is 2.30. The average molecular weight is 439 g/mol. The van der Waals surface area contributed by atoms with E-state index in [0.29, 0.717) is 29.3 Å². The minimum Gasteiger partial charge on any atom is -0.455 e. The molecule has 0 radical (unpaired) electrons. The van der Waals surface area contributed by atoms with Crippen LogP contribution in [0.15, 0.2) is 78.9 Å². The predicted octanol–water partition coefficient (Wildman–Crippen LogP) is 4.97. The van der Waals surface area contributed by atoms with Gasteiger partial charge in [0.15, 0.2) is 5.75 Å². The lowest BCUT2D eigenvalue weighted by atomic mass is 10.1. The van der Waals surface area contributed by atoms with E-state index in [9.17, 15) is 13.2 Å².